The van der Waals surface area contributed by atoms with Crippen LogP contribution in [0.4, 0.5) is 11.4 Å². The lowest BCUT2D eigenvalue weighted by molar-refractivity contribution is -0.124. The molecular weight excluding hydrogens is 380 g/mol. The van der Waals surface area contributed by atoms with E-state index in [0.717, 1.165) is 11.3 Å². The Morgan fingerprint density at radius 2 is 1.63 bits per heavy atom. The monoisotopic (exact) mass is 404 g/mol. The summed E-state index contributed by atoms with van der Waals surface area (Å²) in [4.78, 5) is 40.2. The van der Waals surface area contributed by atoms with Crippen molar-refractivity contribution >= 4 is 23.2 Å². The second-order valence-electron chi connectivity index (χ2n) is 8.02. The molecule has 1 aliphatic rings. The minimum absolute atomic E-state index is 0.134. The van der Waals surface area contributed by atoms with Crippen molar-refractivity contribution in [1.29, 1.82) is 0 Å². The predicted octanol–water partition coefficient (Wildman–Crippen LogP) is 2.75. The average Bonchev–Trinajstić information content (AvgIpc) is 3.06. The zero-order valence-electron chi connectivity index (χ0n) is 17.5. The van der Waals surface area contributed by atoms with Gasteiger partial charge < -0.3 is 10.2 Å². The van der Waals surface area contributed by atoms with E-state index in [0.29, 0.717) is 11.4 Å². The summed E-state index contributed by atoms with van der Waals surface area (Å²) >= 11 is 0. The summed E-state index contributed by atoms with van der Waals surface area (Å²) in [6, 6.07) is 16.7. The molecular formula is C23H24N4O3. The summed E-state index contributed by atoms with van der Waals surface area (Å²) in [5.74, 6) is -0.549. The Morgan fingerprint density at radius 1 is 1.00 bits per heavy atom. The van der Waals surface area contributed by atoms with Gasteiger partial charge >= 0.3 is 0 Å². The minimum Gasteiger partial charge on any atom is -0.318 e. The highest BCUT2D eigenvalue weighted by molar-refractivity contribution is 6.11. The van der Waals surface area contributed by atoms with Crippen molar-refractivity contribution < 1.29 is 9.59 Å². The first-order valence-electron chi connectivity index (χ1n) is 9.79. The molecule has 0 atom stereocenters. The van der Waals surface area contributed by atoms with Crippen LogP contribution in [0.5, 0.6) is 0 Å². The molecule has 7 heteroatoms. The van der Waals surface area contributed by atoms with Gasteiger partial charge in [0.25, 0.3) is 5.56 Å². The zero-order chi connectivity index (χ0) is 21.6. The van der Waals surface area contributed by atoms with Crippen LogP contribution in [0.25, 0.3) is 5.69 Å². The number of carbonyl (C=O) groups excluding carboxylic acids is 2. The molecule has 1 N–H and O–H groups in total. The Kier molecular flexibility index (Phi) is 4.61. The van der Waals surface area contributed by atoms with E-state index in [-0.39, 0.29) is 23.7 Å². The van der Waals surface area contributed by atoms with Crippen LogP contribution in [0.3, 0.4) is 0 Å². The molecule has 7 nitrogen and oxygen atoms in total. The fourth-order valence-electron chi connectivity index (χ4n) is 3.99. The molecule has 0 unspecified atom stereocenters. The van der Waals surface area contributed by atoms with Crippen LogP contribution < -0.4 is 15.8 Å². The molecule has 3 aromatic rings. The van der Waals surface area contributed by atoms with Crippen LogP contribution in [-0.4, -0.2) is 27.7 Å². The number of carbonyl (C=O) groups is 2. The van der Waals surface area contributed by atoms with Crippen LogP contribution >= 0.6 is 0 Å². The third-order valence-corrected chi connectivity index (χ3v) is 5.77. The van der Waals surface area contributed by atoms with Gasteiger partial charge in [-0.25, -0.2) is 4.68 Å². The highest BCUT2D eigenvalue weighted by atomic mass is 16.2. The average molecular weight is 404 g/mol. The smallest absolute Gasteiger partial charge is 0.295 e. The Balaban J connectivity index is 1.62. The van der Waals surface area contributed by atoms with E-state index in [9.17, 15) is 14.4 Å². The third kappa shape index (κ3) is 2.94. The van der Waals surface area contributed by atoms with E-state index >= 15 is 0 Å². The summed E-state index contributed by atoms with van der Waals surface area (Å²) < 4.78 is 3.21. The van der Waals surface area contributed by atoms with Crippen LogP contribution in [0.1, 0.15) is 25.1 Å². The largest absolute Gasteiger partial charge is 0.318 e. The van der Waals surface area contributed by atoms with Gasteiger partial charge in [-0.05, 0) is 44.5 Å². The lowest BCUT2D eigenvalue weighted by Crippen LogP contribution is -2.41. The molecule has 1 aromatic heterocycles. The molecule has 0 bridgehead atoms. The van der Waals surface area contributed by atoms with Gasteiger partial charge in [0.15, 0.2) is 0 Å². The van der Waals surface area contributed by atoms with E-state index in [4.69, 9.17) is 0 Å². The molecule has 2 heterocycles. The van der Waals surface area contributed by atoms with Crippen LogP contribution in [0.15, 0.2) is 59.4 Å². The second-order valence-corrected chi connectivity index (χ2v) is 8.02. The van der Waals surface area contributed by atoms with Gasteiger partial charge in [0.1, 0.15) is 12.2 Å². The molecule has 0 fully saturated rings. The van der Waals surface area contributed by atoms with E-state index in [1.165, 1.54) is 9.58 Å². The number of rotatable bonds is 4. The highest BCUT2D eigenvalue weighted by Gasteiger charge is 2.44. The van der Waals surface area contributed by atoms with Gasteiger partial charge in [-0.1, -0.05) is 36.4 Å². The summed E-state index contributed by atoms with van der Waals surface area (Å²) in [7, 11) is 1.77. The van der Waals surface area contributed by atoms with Gasteiger partial charge in [0, 0.05) is 12.7 Å². The Morgan fingerprint density at radius 3 is 2.33 bits per heavy atom. The number of fused-ring (bicyclic) bond motifs is 1. The number of aromatic nitrogens is 2. The number of hydrogen-bond donors (Lipinski definition) is 1. The molecule has 2 amide bonds. The Labute approximate surface area is 174 Å². The summed E-state index contributed by atoms with van der Waals surface area (Å²) in [5.41, 5.74) is 2.16. The maximum atomic E-state index is 13.0. The first-order chi connectivity index (χ1) is 14.2. The first-order valence-corrected chi connectivity index (χ1v) is 9.79. The molecule has 0 saturated heterocycles. The third-order valence-electron chi connectivity index (χ3n) is 5.77. The van der Waals surface area contributed by atoms with Crippen LogP contribution in [0.2, 0.25) is 0 Å². The number of para-hydroxylation sites is 2. The molecule has 2 aromatic carbocycles. The Bertz CT molecular complexity index is 1200. The van der Waals surface area contributed by atoms with Crippen LogP contribution in [-0.2, 0) is 22.1 Å². The van der Waals surface area contributed by atoms with Gasteiger partial charge in [0.2, 0.25) is 11.8 Å². The number of nitrogens with one attached hydrogen (secondary N) is 1. The number of benzene rings is 2. The fourth-order valence-corrected chi connectivity index (χ4v) is 3.99. The maximum absolute atomic E-state index is 13.0. The Hall–Kier alpha value is -3.61. The number of anilines is 2. The number of hydrogen-bond acceptors (Lipinski definition) is 3. The topological polar surface area (TPSA) is 76.3 Å². The van der Waals surface area contributed by atoms with E-state index in [1.807, 2.05) is 68.4 Å². The van der Waals surface area contributed by atoms with Crippen molar-refractivity contribution in [3.8, 4) is 5.69 Å². The first kappa shape index (κ1) is 19.7. The molecule has 0 radical (unpaired) electrons. The second kappa shape index (κ2) is 7.02. The van der Waals surface area contributed by atoms with Crippen molar-refractivity contribution in [3.05, 3.63) is 76.2 Å². The quantitative estimate of drug-likeness (QED) is 0.726. The molecule has 154 valence electrons. The lowest BCUT2D eigenvalue weighted by Gasteiger charge is -2.19. The molecule has 4 rings (SSSR count). The zero-order valence-corrected chi connectivity index (χ0v) is 17.5. The van der Waals surface area contributed by atoms with Gasteiger partial charge in [0.05, 0.1) is 16.8 Å². The standard InChI is InChI=1S/C23H24N4O3/c1-15-20(21(29)27(25(15)4)16-10-6-5-7-11-16)24-19(28)14-26-18-13-9-8-12-17(18)23(2,3)22(26)30/h5-13H,14H2,1-4H3,(H,24,28). The van der Waals surface area contributed by atoms with Crippen molar-refractivity contribution in [2.24, 2.45) is 7.05 Å². The van der Waals surface area contributed by atoms with Gasteiger partial charge in [-0.15, -0.1) is 0 Å². The predicted molar refractivity (Wildman–Crippen MR) is 116 cm³/mol. The number of amides is 2. The number of nitrogens with zero attached hydrogens (tertiary/aromatic N) is 3. The maximum Gasteiger partial charge on any atom is 0.295 e. The molecule has 0 saturated carbocycles. The van der Waals surface area contributed by atoms with E-state index in [2.05, 4.69) is 5.32 Å². The lowest BCUT2D eigenvalue weighted by atomic mass is 9.86. The fraction of sp³-hybridized carbons (Fsp3) is 0.261. The van der Waals surface area contributed by atoms with Crippen molar-refractivity contribution in [2.45, 2.75) is 26.2 Å². The summed E-state index contributed by atoms with van der Waals surface area (Å²) in [5, 5.41) is 2.73. The highest BCUT2D eigenvalue weighted by Crippen LogP contribution is 2.41. The van der Waals surface area contributed by atoms with Crippen molar-refractivity contribution in [1.82, 2.24) is 9.36 Å². The van der Waals surface area contributed by atoms with Crippen molar-refractivity contribution in [2.75, 3.05) is 16.8 Å². The molecule has 0 spiro atoms. The minimum atomic E-state index is -0.695. The van der Waals surface area contributed by atoms with Gasteiger partial charge in [-0.2, -0.15) is 0 Å². The molecule has 1 aliphatic heterocycles. The molecule has 0 aliphatic carbocycles. The SMILES string of the molecule is Cc1c(NC(=O)CN2C(=O)C(C)(C)c3ccccc32)c(=O)n(-c2ccccc2)n1C. The van der Waals surface area contributed by atoms with E-state index in [1.54, 1.807) is 18.7 Å². The van der Waals surface area contributed by atoms with E-state index < -0.39 is 11.3 Å². The van der Waals surface area contributed by atoms with Gasteiger partial charge in [-0.3, -0.25) is 19.1 Å². The van der Waals surface area contributed by atoms with Crippen molar-refractivity contribution in [3.63, 3.8) is 0 Å². The summed E-state index contributed by atoms with van der Waals surface area (Å²) in [6.45, 7) is 5.33. The summed E-state index contributed by atoms with van der Waals surface area (Å²) in [6.07, 6.45) is 0. The normalized spacial score (nSPS) is 14.7. The molecule has 30 heavy (non-hydrogen) atoms. The van der Waals surface area contributed by atoms with Crippen LogP contribution in [0, 0.1) is 6.92 Å².